The first kappa shape index (κ1) is 17.4. The van der Waals surface area contributed by atoms with E-state index in [1.807, 2.05) is 67.6 Å². The van der Waals surface area contributed by atoms with Crippen molar-refractivity contribution in [1.82, 2.24) is 5.32 Å². The average Bonchev–Trinajstić information content (AvgIpc) is 2.69. The Labute approximate surface area is 152 Å². The number of hydrogen-bond acceptors (Lipinski definition) is 2. The van der Waals surface area contributed by atoms with Gasteiger partial charge < -0.3 is 10.6 Å². The van der Waals surface area contributed by atoms with Gasteiger partial charge in [-0.3, -0.25) is 9.59 Å². The number of hydrogen-bond donors (Lipinski definition) is 2. The highest BCUT2D eigenvalue weighted by Gasteiger charge is 2.13. The number of amides is 2. The Bertz CT molecular complexity index is 892. The van der Waals surface area contributed by atoms with Crippen molar-refractivity contribution in [3.63, 3.8) is 0 Å². The van der Waals surface area contributed by atoms with Crippen LogP contribution in [0.25, 0.3) is 0 Å². The maximum atomic E-state index is 12.5. The van der Waals surface area contributed by atoms with Gasteiger partial charge in [0.2, 0.25) is 0 Å². The van der Waals surface area contributed by atoms with E-state index in [1.165, 1.54) is 0 Å². The molecule has 2 amide bonds. The molecule has 0 aliphatic heterocycles. The van der Waals surface area contributed by atoms with Crippen molar-refractivity contribution in [2.75, 3.05) is 5.32 Å². The third kappa shape index (κ3) is 4.36. The first-order valence-electron chi connectivity index (χ1n) is 8.46. The molecule has 130 valence electrons. The second kappa shape index (κ2) is 8.12. The van der Waals surface area contributed by atoms with E-state index in [9.17, 15) is 9.59 Å². The predicted molar refractivity (Wildman–Crippen MR) is 103 cm³/mol. The number of anilines is 1. The second-order valence-electron chi connectivity index (χ2n) is 6.01. The molecule has 0 radical (unpaired) electrons. The van der Waals surface area contributed by atoms with Crippen LogP contribution >= 0.6 is 0 Å². The van der Waals surface area contributed by atoms with Crippen molar-refractivity contribution in [1.29, 1.82) is 0 Å². The number of nitrogens with one attached hydrogen (secondary N) is 2. The van der Waals surface area contributed by atoms with Gasteiger partial charge in [0.05, 0.1) is 6.04 Å². The van der Waals surface area contributed by atoms with Crippen molar-refractivity contribution in [3.05, 3.63) is 102 Å². The molecule has 0 heterocycles. The predicted octanol–water partition coefficient (Wildman–Crippen LogP) is 4.43. The molecule has 0 aromatic heterocycles. The molecule has 0 spiro atoms. The van der Waals surface area contributed by atoms with Gasteiger partial charge in [0.1, 0.15) is 0 Å². The molecular formula is C22H20N2O2. The lowest BCUT2D eigenvalue weighted by Gasteiger charge is -2.14. The van der Waals surface area contributed by atoms with Crippen LogP contribution in [0.5, 0.6) is 0 Å². The fourth-order valence-corrected chi connectivity index (χ4v) is 2.63. The van der Waals surface area contributed by atoms with Gasteiger partial charge in [-0.15, -0.1) is 0 Å². The van der Waals surface area contributed by atoms with E-state index in [4.69, 9.17) is 0 Å². The average molecular weight is 344 g/mol. The van der Waals surface area contributed by atoms with E-state index in [-0.39, 0.29) is 17.9 Å². The van der Waals surface area contributed by atoms with E-state index in [0.717, 1.165) is 5.56 Å². The van der Waals surface area contributed by atoms with Crippen LogP contribution in [0.4, 0.5) is 5.69 Å². The Morgan fingerprint density at radius 1 is 0.731 bits per heavy atom. The lowest BCUT2D eigenvalue weighted by Crippen LogP contribution is -2.27. The molecule has 2 N–H and O–H groups in total. The van der Waals surface area contributed by atoms with Crippen LogP contribution in [0.3, 0.4) is 0 Å². The fourth-order valence-electron chi connectivity index (χ4n) is 2.63. The van der Waals surface area contributed by atoms with Crippen LogP contribution in [0.2, 0.25) is 0 Å². The number of carbonyl (C=O) groups excluding carboxylic acids is 2. The summed E-state index contributed by atoms with van der Waals surface area (Å²) in [5, 5.41) is 5.78. The Kier molecular flexibility index (Phi) is 5.44. The van der Waals surface area contributed by atoms with Crippen molar-refractivity contribution in [2.45, 2.75) is 13.0 Å². The van der Waals surface area contributed by atoms with E-state index < -0.39 is 0 Å². The van der Waals surface area contributed by atoms with Crippen molar-refractivity contribution < 1.29 is 9.59 Å². The Morgan fingerprint density at radius 3 is 1.96 bits per heavy atom. The maximum Gasteiger partial charge on any atom is 0.255 e. The molecule has 4 heteroatoms. The molecule has 0 bridgehead atoms. The number of rotatable bonds is 5. The van der Waals surface area contributed by atoms with Crippen LogP contribution in [0, 0.1) is 0 Å². The van der Waals surface area contributed by atoms with Gasteiger partial charge in [-0.25, -0.2) is 0 Å². The highest BCUT2D eigenvalue weighted by atomic mass is 16.2. The smallest absolute Gasteiger partial charge is 0.255 e. The summed E-state index contributed by atoms with van der Waals surface area (Å²) in [6.07, 6.45) is 0. The van der Waals surface area contributed by atoms with Gasteiger partial charge in [-0.2, -0.15) is 0 Å². The largest absolute Gasteiger partial charge is 0.346 e. The van der Waals surface area contributed by atoms with Gasteiger partial charge >= 0.3 is 0 Å². The molecule has 4 nitrogen and oxygen atoms in total. The topological polar surface area (TPSA) is 58.2 Å². The van der Waals surface area contributed by atoms with Crippen molar-refractivity contribution in [2.24, 2.45) is 0 Å². The van der Waals surface area contributed by atoms with Crippen LogP contribution in [0.1, 0.15) is 39.2 Å². The summed E-state index contributed by atoms with van der Waals surface area (Å²) in [7, 11) is 0. The Balaban J connectivity index is 1.70. The lowest BCUT2D eigenvalue weighted by molar-refractivity contribution is 0.0940. The molecule has 0 aliphatic rings. The Morgan fingerprint density at radius 2 is 1.31 bits per heavy atom. The standard InChI is InChI=1S/C22H20N2O2/c1-16(17-9-4-2-5-10-17)23-21(25)18-11-8-12-19(15-18)22(26)24-20-13-6-3-7-14-20/h2-16H,1H3,(H,23,25)(H,24,26). The summed E-state index contributed by atoms with van der Waals surface area (Å²) >= 11 is 0. The van der Waals surface area contributed by atoms with E-state index >= 15 is 0 Å². The van der Waals surface area contributed by atoms with Crippen LogP contribution in [-0.4, -0.2) is 11.8 Å². The molecular weight excluding hydrogens is 324 g/mol. The number of benzene rings is 3. The van der Waals surface area contributed by atoms with Gasteiger partial charge in [0, 0.05) is 16.8 Å². The summed E-state index contributed by atoms with van der Waals surface area (Å²) in [4.78, 5) is 24.9. The first-order chi connectivity index (χ1) is 12.6. The summed E-state index contributed by atoms with van der Waals surface area (Å²) in [6, 6.07) is 25.5. The van der Waals surface area contributed by atoms with Gasteiger partial charge in [0.25, 0.3) is 11.8 Å². The van der Waals surface area contributed by atoms with E-state index in [1.54, 1.807) is 24.3 Å². The van der Waals surface area contributed by atoms with E-state index in [0.29, 0.717) is 16.8 Å². The third-order valence-corrected chi connectivity index (χ3v) is 4.07. The zero-order chi connectivity index (χ0) is 18.4. The zero-order valence-corrected chi connectivity index (χ0v) is 14.5. The first-order valence-corrected chi connectivity index (χ1v) is 8.46. The molecule has 26 heavy (non-hydrogen) atoms. The van der Waals surface area contributed by atoms with Crippen LogP contribution in [0.15, 0.2) is 84.9 Å². The minimum Gasteiger partial charge on any atom is -0.346 e. The molecule has 0 aliphatic carbocycles. The van der Waals surface area contributed by atoms with Crippen molar-refractivity contribution >= 4 is 17.5 Å². The molecule has 3 rings (SSSR count). The monoisotopic (exact) mass is 344 g/mol. The summed E-state index contributed by atoms with van der Waals surface area (Å²) in [6.45, 7) is 1.93. The van der Waals surface area contributed by atoms with Crippen LogP contribution < -0.4 is 10.6 Å². The van der Waals surface area contributed by atoms with Crippen molar-refractivity contribution in [3.8, 4) is 0 Å². The van der Waals surface area contributed by atoms with Gasteiger partial charge in [0.15, 0.2) is 0 Å². The SMILES string of the molecule is CC(NC(=O)c1cccc(C(=O)Nc2ccccc2)c1)c1ccccc1. The number of para-hydroxylation sites is 1. The molecule has 1 unspecified atom stereocenters. The molecule has 0 saturated heterocycles. The summed E-state index contributed by atoms with van der Waals surface area (Å²) in [5.74, 6) is -0.460. The molecule has 0 saturated carbocycles. The minimum absolute atomic E-state index is 0.120. The van der Waals surface area contributed by atoms with Crippen LogP contribution in [-0.2, 0) is 0 Å². The highest BCUT2D eigenvalue weighted by molar-refractivity contribution is 6.06. The minimum atomic E-state index is -0.248. The fraction of sp³-hybridized carbons (Fsp3) is 0.0909. The normalized spacial score (nSPS) is 11.4. The van der Waals surface area contributed by atoms with Gasteiger partial charge in [-0.1, -0.05) is 54.6 Å². The van der Waals surface area contributed by atoms with E-state index in [2.05, 4.69) is 10.6 Å². The molecule has 3 aromatic carbocycles. The Hall–Kier alpha value is -3.40. The zero-order valence-electron chi connectivity index (χ0n) is 14.5. The maximum absolute atomic E-state index is 12.5. The number of carbonyl (C=O) groups is 2. The lowest BCUT2D eigenvalue weighted by atomic mass is 10.1. The van der Waals surface area contributed by atoms with Gasteiger partial charge in [-0.05, 0) is 42.8 Å². The second-order valence-corrected chi connectivity index (χ2v) is 6.01. The molecule has 0 fully saturated rings. The molecule has 1 atom stereocenters. The molecule has 3 aromatic rings. The summed E-state index contributed by atoms with van der Waals surface area (Å²) < 4.78 is 0. The third-order valence-electron chi connectivity index (χ3n) is 4.07. The summed E-state index contributed by atoms with van der Waals surface area (Å²) in [5.41, 5.74) is 2.63. The highest BCUT2D eigenvalue weighted by Crippen LogP contribution is 2.14. The quantitative estimate of drug-likeness (QED) is 0.719.